The zero-order chi connectivity index (χ0) is 12.9. The molecule has 0 aliphatic rings. The first-order valence-corrected chi connectivity index (χ1v) is 5.49. The van der Waals surface area contributed by atoms with Gasteiger partial charge in [-0.05, 0) is 12.3 Å². The third-order valence-corrected chi connectivity index (χ3v) is 2.51. The molecule has 2 amide bonds. The van der Waals surface area contributed by atoms with E-state index in [2.05, 4.69) is 5.32 Å². The molecule has 94 valence electrons. The molecule has 0 rings (SSSR count). The highest BCUT2D eigenvalue weighted by Gasteiger charge is 2.31. The van der Waals surface area contributed by atoms with Gasteiger partial charge in [0, 0.05) is 13.6 Å². The predicted molar refractivity (Wildman–Crippen MR) is 63.8 cm³/mol. The molecule has 0 saturated carbocycles. The maximum atomic E-state index is 12.0. The first kappa shape index (κ1) is 14.9. The van der Waals surface area contributed by atoms with E-state index in [1.54, 1.807) is 7.05 Å². The van der Waals surface area contributed by atoms with Crippen LogP contribution >= 0.6 is 0 Å². The Balaban J connectivity index is 4.60. The second-order valence-corrected chi connectivity index (χ2v) is 4.87. The van der Waals surface area contributed by atoms with Crippen LogP contribution in [0.5, 0.6) is 0 Å². The average Bonchev–Trinajstić information content (AvgIpc) is 2.22. The van der Waals surface area contributed by atoms with Crippen LogP contribution in [0.3, 0.4) is 0 Å². The summed E-state index contributed by atoms with van der Waals surface area (Å²) in [5.74, 6) is -0.366. The third kappa shape index (κ3) is 4.18. The molecule has 3 N–H and O–H groups in total. The first-order valence-electron chi connectivity index (χ1n) is 5.49. The lowest BCUT2D eigenvalue weighted by Crippen LogP contribution is -2.52. The third-order valence-electron chi connectivity index (χ3n) is 2.51. The summed E-state index contributed by atoms with van der Waals surface area (Å²) in [6, 6.07) is -0.586. The van der Waals surface area contributed by atoms with Gasteiger partial charge in [0.1, 0.15) is 0 Å². The van der Waals surface area contributed by atoms with Gasteiger partial charge in [-0.3, -0.25) is 9.59 Å². The topological polar surface area (TPSA) is 75.4 Å². The van der Waals surface area contributed by atoms with Crippen LogP contribution in [0.1, 0.15) is 27.7 Å². The van der Waals surface area contributed by atoms with Gasteiger partial charge < -0.3 is 16.0 Å². The van der Waals surface area contributed by atoms with Crippen LogP contribution in [-0.2, 0) is 9.59 Å². The van der Waals surface area contributed by atoms with Crippen molar-refractivity contribution >= 4 is 11.8 Å². The number of likely N-dealkylation sites (N-methyl/N-ethyl adjacent to an activating group) is 2. The standard InChI is InChI=1S/C11H23N3O2/c1-6-14(7-8(15)13-5)10(16)9(12)11(2,3)4/h9H,6-7,12H2,1-5H3,(H,13,15). The van der Waals surface area contributed by atoms with Crippen LogP contribution in [-0.4, -0.2) is 42.9 Å². The van der Waals surface area contributed by atoms with Crippen molar-refractivity contribution in [3.8, 4) is 0 Å². The fourth-order valence-corrected chi connectivity index (χ4v) is 1.17. The Morgan fingerprint density at radius 1 is 1.38 bits per heavy atom. The highest BCUT2D eigenvalue weighted by Crippen LogP contribution is 2.18. The van der Waals surface area contributed by atoms with E-state index >= 15 is 0 Å². The van der Waals surface area contributed by atoms with Crippen molar-refractivity contribution in [3.05, 3.63) is 0 Å². The molecule has 0 aliphatic carbocycles. The number of rotatable bonds is 4. The number of nitrogens with zero attached hydrogens (tertiary/aromatic N) is 1. The molecular formula is C11H23N3O2. The average molecular weight is 229 g/mol. The minimum Gasteiger partial charge on any atom is -0.358 e. The number of nitrogens with one attached hydrogen (secondary N) is 1. The molecule has 0 saturated heterocycles. The van der Waals surface area contributed by atoms with E-state index in [0.29, 0.717) is 6.54 Å². The van der Waals surface area contributed by atoms with Gasteiger partial charge in [0.25, 0.3) is 0 Å². The minimum atomic E-state index is -0.586. The molecule has 5 nitrogen and oxygen atoms in total. The Bertz CT molecular complexity index is 258. The van der Waals surface area contributed by atoms with E-state index < -0.39 is 6.04 Å². The van der Waals surface area contributed by atoms with Crippen LogP contribution in [0, 0.1) is 5.41 Å². The van der Waals surface area contributed by atoms with E-state index in [0.717, 1.165) is 0 Å². The van der Waals surface area contributed by atoms with E-state index in [1.807, 2.05) is 27.7 Å². The van der Waals surface area contributed by atoms with E-state index in [-0.39, 0.29) is 23.8 Å². The number of carbonyl (C=O) groups excluding carboxylic acids is 2. The van der Waals surface area contributed by atoms with Crippen molar-refractivity contribution in [1.82, 2.24) is 10.2 Å². The highest BCUT2D eigenvalue weighted by atomic mass is 16.2. The van der Waals surface area contributed by atoms with Gasteiger partial charge in [-0.15, -0.1) is 0 Å². The Hall–Kier alpha value is -1.10. The fraction of sp³-hybridized carbons (Fsp3) is 0.818. The summed E-state index contributed by atoms with van der Waals surface area (Å²) >= 11 is 0. The van der Waals surface area contributed by atoms with Crippen molar-refractivity contribution in [3.63, 3.8) is 0 Å². The molecule has 0 bridgehead atoms. The number of carbonyl (C=O) groups is 2. The van der Waals surface area contributed by atoms with E-state index in [1.165, 1.54) is 4.90 Å². The van der Waals surface area contributed by atoms with Crippen molar-refractivity contribution in [1.29, 1.82) is 0 Å². The van der Waals surface area contributed by atoms with Crippen molar-refractivity contribution in [2.75, 3.05) is 20.1 Å². The Kier molecular flexibility index (Phi) is 5.44. The lowest BCUT2D eigenvalue weighted by Gasteiger charge is -2.31. The normalized spacial score (nSPS) is 13.1. The molecule has 5 heteroatoms. The monoisotopic (exact) mass is 229 g/mol. The number of hydrogen-bond donors (Lipinski definition) is 2. The quantitative estimate of drug-likeness (QED) is 0.710. The fourth-order valence-electron chi connectivity index (χ4n) is 1.17. The molecular weight excluding hydrogens is 206 g/mol. The van der Waals surface area contributed by atoms with Crippen LogP contribution in [0.15, 0.2) is 0 Å². The molecule has 16 heavy (non-hydrogen) atoms. The Labute approximate surface area is 97.4 Å². The number of amides is 2. The molecule has 0 aromatic carbocycles. The molecule has 0 aromatic rings. The molecule has 1 atom stereocenters. The van der Waals surface area contributed by atoms with Crippen molar-refractivity contribution in [2.45, 2.75) is 33.7 Å². The maximum absolute atomic E-state index is 12.0. The van der Waals surface area contributed by atoms with Gasteiger partial charge in [-0.1, -0.05) is 20.8 Å². The summed E-state index contributed by atoms with van der Waals surface area (Å²) in [6.07, 6.45) is 0. The van der Waals surface area contributed by atoms with E-state index in [9.17, 15) is 9.59 Å². The zero-order valence-corrected chi connectivity index (χ0v) is 10.8. The molecule has 0 aliphatic heterocycles. The second-order valence-electron chi connectivity index (χ2n) is 4.87. The lowest BCUT2D eigenvalue weighted by molar-refractivity contribution is -0.138. The van der Waals surface area contributed by atoms with Gasteiger partial charge >= 0.3 is 0 Å². The molecule has 0 aromatic heterocycles. The first-order chi connectivity index (χ1) is 7.23. The van der Waals surface area contributed by atoms with E-state index in [4.69, 9.17) is 5.73 Å². The second kappa shape index (κ2) is 5.84. The smallest absolute Gasteiger partial charge is 0.240 e. The van der Waals surface area contributed by atoms with Crippen LogP contribution in [0.25, 0.3) is 0 Å². The molecule has 0 spiro atoms. The molecule has 1 unspecified atom stereocenters. The van der Waals surface area contributed by atoms with Gasteiger partial charge in [0.2, 0.25) is 11.8 Å². The van der Waals surface area contributed by atoms with Gasteiger partial charge in [-0.2, -0.15) is 0 Å². The zero-order valence-electron chi connectivity index (χ0n) is 10.8. The number of hydrogen-bond acceptors (Lipinski definition) is 3. The lowest BCUT2D eigenvalue weighted by atomic mass is 9.86. The van der Waals surface area contributed by atoms with Gasteiger partial charge in [-0.25, -0.2) is 0 Å². The summed E-state index contributed by atoms with van der Waals surface area (Å²) in [4.78, 5) is 24.7. The van der Waals surface area contributed by atoms with Gasteiger partial charge in [0.15, 0.2) is 0 Å². The summed E-state index contributed by atoms with van der Waals surface area (Å²) in [5.41, 5.74) is 5.57. The maximum Gasteiger partial charge on any atom is 0.240 e. The van der Waals surface area contributed by atoms with Crippen molar-refractivity contribution in [2.24, 2.45) is 11.1 Å². The minimum absolute atomic E-state index is 0.0651. The largest absolute Gasteiger partial charge is 0.358 e. The molecule has 0 heterocycles. The predicted octanol–water partition coefficient (Wildman–Crippen LogP) is -0.0457. The Morgan fingerprint density at radius 3 is 2.19 bits per heavy atom. The highest BCUT2D eigenvalue weighted by molar-refractivity contribution is 5.87. The SMILES string of the molecule is CCN(CC(=O)NC)C(=O)C(N)C(C)(C)C. The van der Waals surface area contributed by atoms with Gasteiger partial charge in [0.05, 0.1) is 12.6 Å². The van der Waals surface area contributed by atoms with Crippen LogP contribution < -0.4 is 11.1 Å². The number of nitrogens with two attached hydrogens (primary N) is 1. The summed E-state index contributed by atoms with van der Waals surface area (Å²) < 4.78 is 0. The summed E-state index contributed by atoms with van der Waals surface area (Å²) in [6.45, 7) is 8.10. The Morgan fingerprint density at radius 2 is 1.88 bits per heavy atom. The van der Waals surface area contributed by atoms with Crippen molar-refractivity contribution < 1.29 is 9.59 Å². The molecule has 0 fully saturated rings. The van der Waals surface area contributed by atoms with Crippen LogP contribution in [0.2, 0.25) is 0 Å². The molecule has 0 radical (unpaired) electrons. The summed E-state index contributed by atoms with van der Waals surface area (Å²) in [7, 11) is 1.55. The summed E-state index contributed by atoms with van der Waals surface area (Å²) in [5, 5.41) is 2.49. The van der Waals surface area contributed by atoms with Crippen LogP contribution in [0.4, 0.5) is 0 Å².